The molecule has 0 spiro atoms. The lowest BCUT2D eigenvalue weighted by atomic mass is 9.94. The van der Waals surface area contributed by atoms with Gasteiger partial charge in [0.15, 0.2) is 0 Å². The van der Waals surface area contributed by atoms with Crippen LogP contribution in [0.15, 0.2) is 47.3 Å². The van der Waals surface area contributed by atoms with Crippen LogP contribution in [0.2, 0.25) is 0 Å². The maximum absolute atomic E-state index is 12.6. The second kappa shape index (κ2) is 6.91. The van der Waals surface area contributed by atoms with E-state index >= 15 is 0 Å². The number of aryl methyl sites for hydroxylation is 1. The van der Waals surface area contributed by atoms with Gasteiger partial charge in [0.05, 0.1) is 11.8 Å². The van der Waals surface area contributed by atoms with Gasteiger partial charge < -0.3 is 14.6 Å². The Balaban J connectivity index is 1.60. The van der Waals surface area contributed by atoms with Crippen molar-refractivity contribution in [1.82, 2.24) is 10.2 Å². The summed E-state index contributed by atoms with van der Waals surface area (Å²) in [6.45, 7) is 5.26. The van der Waals surface area contributed by atoms with Crippen molar-refractivity contribution in [3.05, 3.63) is 59.5 Å². The molecule has 1 N–H and O–H groups in total. The minimum Gasteiger partial charge on any atom is -0.472 e. The Morgan fingerprint density at radius 2 is 2.08 bits per heavy atom. The first-order valence-corrected chi connectivity index (χ1v) is 8.23. The van der Waals surface area contributed by atoms with Crippen LogP contribution in [-0.4, -0.2) is 35.8 Å². The largest absolute Gasteiger partial charge is 0.472 e. The van der Waals surface area contributed by atoms with Gasteiger partial charge in [0.2, 0.25) is 5.91 Å². The summed E-state index contributed by atoms with van der Waals surface area (Å²) in [6.07, 6.45) is 3.77. The average Bonchev–Trinajstić information content (AvgIpc) is 3.26. The van der Waals surface area contributed by atoms with Crippen molar-refractivity contribution in [1.29, 1.82) is 0 Å². The molecule has 2 aromatic rings. The van der Waals surface area contributed by atoms with E-state index in [4.69, 9.17) is 4.42 Å². The van der Waals surface area contributed by atoms with Crippen molar-refractivity contribution in [3.63, 3.8) is 0 Å². The zero-order chi connectivity index (χ0) is 17.1. The number of rotatable bonds is 4. The van der Waals surface area contributed by atoms with Crippen molar-refractivity contribution in [2.75, 3.05) is 13.1 Å². The fourth-order valence-electron chi connectivity index (χ4n) is 3.27. The maximum Gasteiger partial charge on any atom is 0.255 e. The minimum atomic E-state index is -0.553. The lowest BCUT2D eigenvalue weighted by Crippen LogP contribution is -2.46. The monoisotopic (exact) mass is 326 g/mol. The molecule has 0 saturated carbocycles. The summed E-state index contributed by atoms with van der Waals surface area (Å²) in [5, 5.41) is 2.73. The fourth-order valence-corrected chi connectivity index (χ4v) is 3.27. The van der Waals surface area contributed by atoms with Crippen LogP contribution in [-0.2, 0) is 4.79 Å². The number of hydrogen-bond donors (Lipinski definition) is 1. The van der Waals surface area contributed by atoms with Gasteiger partial charge in [-0.1, -0.05) is 24.3 Å². The van der Waals surface area contributed by atoms with Gasteiger partial charge in [-0.05, 0) is 37.5 Å². The molecule has 0 bridgehead atoms. The van der Waals surface area contributed by atoms with Gasteiger partial charge in [-0.2, -0.15) is 0 Å². The number of furan rings is 1. The number of carbonyl (C=O) groups excluding carboxylic acids is 2. The summed E-state index contributed by atoms with van der Waals surface area (Å²) >= 11 is 0. The molecule has 3 rings (SSSR count). The van der Waals surface area contributed by atoms with Crippen molar-refractivity contribution in [2.45, 2.75) is 32.2 Å². The maximum atomic E-state index is 12.6. The van der Waals surface area contributed by atoms with E-state index in [9.17, 15) is 9.59 Å². The first-order chi connectivity index (χ1) is 11.6. The van der Waals surface area contributed by atoms with E-state index in [0.717, 1.165) is 13.0 Å². The van der Waals surface area contributed by atoms with E-state index in [1.807, 2.05) is 17.0 Å². The molecule has 1 saturated heterocycles. The SMILES string of the molecule is Cc1ccccc1[C@@H]1CCN(C(=O)[C@@H](C)NC(=O)c2ccoc2)C1. The van der Waals surface area contributed by atoms with E-state index in [-0.39, 0.29) is 11.8 Å². The summed E-state index contributed by atoms with van der Waals surface area (Å²) in [7, 11) is 0. The molecule has 1 fully saturated rings. The van der Waals surface area contributed by atoms with Gasteiger partial charge in [0, 0.05) is 19.0 Å². The highest BCUT2D eigenvalue weighted by molar-refractivity contribution is 5.97. The standard InChI is InChI=1S/C19H22N2O3/c1-13-5-3-4-6-17(13)15-7-9-21(11-15)19(23)14(2)20-18(22)16-8-10-24-12-16/h3-6,8,10,12,14-15H,7,9,11H2,1-2H3,(H,20,22)/t14-,15-/m1/s1. The highest BCUT2D eigenvalue weighted by Crippen LogP contribution is 2.29. The van der Waals surface area contributed by atoms with Crippen LogP contribution < -0.4 is 5.32 Å². The van der Waals surface area contributed by atoms with E-state index in [1.165, 1.54) is 23.7 Å². The van der Waals surface area contributed by atoms with E-state index in [2.05, 4.69) is 24.4 Å². The number of likely N-dealkylation sites (tertiary alicyclic amines) is 1. The topological polar surface area (TPSA) is 62.6 Å². The number of nitrogens with one attached hydrogen (secondary N) is 1. The summed E-state index contributed by atoms with van der Waals surface area (Å²) < 4.78 is 4.90. The number of benzene rings is 1. The van der Waals surface area contributed by atoms with Gasteiger partial charge in [-0.25, -0.2) is 0 Å². The summed E-state index contributed by atoms with van der Waals surface area (Å²) in [5.41, 5.74) is 3.00. The molecule has 2 amide bonds. The normalized spacial score (nSPS) is 18.4. The average molecular weight is 326 g/mol. The van der Waals surface area contributed by atoms with Crippen LogP contribution in [0.4, 0.5) is 0 Å². The van der Waals surface area contributed by atoms with Crippen molar-refractivity contribution in [2.24, 2.45) is 0 Å². The zero-order valence-corrected chi connectivity index (χ0v) is 14.0. The molecule has 1 aromatic carbocycles. The van der Waals surface area contributed by atoms with Crippen LogP contribution in [0, 0.1) is 6.92 Å². The van der Waals surface area contributed by atoms with Gasteiger partial charge in [0.25, 0.3) is 5.91 Å². The third-order valence-electron chi connectivity index (χ3n) is 4.63. The lowest BCUT2D eigenvalue weighted by molar-refractivity contribution is -0.131. The second-order valence-electron chi connectivity index (χ2n) is 6.33. The fraction of sp³-hybridized carbons (Fsp3) is 0.368. The second-order valence-corrected chi connectivity index (χ2v) is 6.33. The molecule has 1 aliphatic rings. The number of carbonyl (C=O) groups is 2. The minimum absolute atomic E-state index is 0.0390. The lowest BCUT2D eigenvalue weighted by Gasteiger charge is -2.22. The molecule has 5 heteroatoms. The van der Waals surface area contributed by atoms with E-state index in [0.29, 0.717) is 18.0 Å². The first kappa shape index (κ1) is 16.3. The van der Waals surface area contributed by atoms with Crippen molar-refractivity contribution >= 4 is 11.8 Å². The predicted molar refractivity (Wildman–Crippen MR) is 90.8 cm³/mol. The Morgan fingerprint density at radius 1 is 1.29 bits per heavy atom. The Morgan fingerprint density at radius 3 is 2.79 bits per heavy atom. The third kappa shape index (κ3) is 3.35. The van der Waals surface area contributed by atoms with Crippen LogP contribution in [0.1, 0.15) is 40.7 Å². The molecule has 0 radical (unpaired) electrons. The Hall–Kier alpha value is -2.56. The molecule has 1 aromatic heterocycles. The molecule has 24 heavy (non-hydrogen) atoms. The zero-order valence-electron chi connectivity index (χ0n) is 14.0. The van der Waals surface area contributed by atoms with E-state index < -0.39 is 6.04 Å². The van der Waals surface area contributed by atoms with Crippen molar-refractivity contribution in [3.8, 4) is 0 Å². The molecule has 1 aliphatic heterocycles. The van der Waals surface area contributed by atoms with Crippen LogP contribution in [0.25, 0.3) is 0 Å². The van der Waals surface area contributed by atoms with Crippen molar-refractivity contribution < 1.29 is 14.0 Å². The smallest absolute Gasteiger partial charge is 0.255 e. The molecule has 0 aliphatic carbocycles. The highest BCUT2D eigenvalue weighted by Gasteiger charge is 2.31. The Labute approximate surface area is 141 Å². The molecule has 5 nitrogen and oxygen atoms in total. The van der Waals surface area contributed by atoms with Gasteiger partial charge in [-0.3, -0.25) is 9.59 Å². The molecule has 126 valence electrons. The van der Waals surface area contributed by atoms with Gasteiger partial charge in [0.1, 0.15) is 12.3 Å². The Bertz CT molecular complexity index is 724. The van der Waals surface area contributed by atoms with Crippen LogP contribution >= 0.6 is 0 Å². The van der Waals surface area contributed by atoms with Crippen LogP contribution in [0.3, 0.4) is 0 Å². The summed E-state index contributed by atoms with van der Waals surface area (Å²) in [4.78, 5) is 26.5. The summed E-state index contributed by atoms with van der Waals surface area (Å²) in [5.74, 6) is 0.0362. The van der Waals surface area contributed by atoms with Crippen LogP contribution in [0.5, 0.6) is 0 Å². The molecule has 2 heterocycles. The molecule has 2 atom stereocenters. The number of amides is 2. The molecular weight excluding hydrogens is 304 g/mol. The quantitative estimate of drug-likeness (QED) is 0.939. The van der Waals surface area contributed by atoms with E-state index in [1.54, 1.807) is 13.0 Å². The molecular formula is C19H22N2O3. The first-order valence-electron chi connectivity index (χ1n) is 8.23. The Kier molecular flexibility index (Phi) is 4.69. The predicted octanol–water partition coefficient (Wildman–Crippen LogP) is 2.72. The molecule has 0 unspecified atom stereocenters. The summed E-state index contributed by atoms with van der Waals surface area (Å²) in [6, 6.07) is 9.34. The van der Waals surface area contributed by atoms with Gasteiger partial charge >= 0.3 is 0 Å². The number of nitrogens with zero attached hydrogens (tertiary/aromatic N) is 1. The van der Waals surface area contributed by atoms with Gasteiger partial charge in [-0.15, -0.1) is 0 Å². The highest BCUT2D eigenvalue weighted by atomic mass is 16.3. The third-order valence-corrected chi connectivity index (χ3v) is 4.63. The number of hydrogen-bond acceptors (Lipinski definition) is 3.